The van der Waals surface area contributed by atoms with E-state index in [2.05, 4.69) is 10.2 Å². The van der Waals surface area contributed by atoms with Crippen LogP contribution in [0.5, 0.6) is 0 Å². The van der Waals surface area contributed by atoms with E-state index in [0.717, 1.165) is 16.6 Å². The summed E-state index contributed by atoms with van der Waals surface area (Å²) in [6.45, 7) is 7.36. The fraction of sp³-hybridized carbons (Fsp3) is 0.333. The first-order chi connectivity index (χ1) is 15.7. The Hall–Kier alpha value is -3.88. The minimum Gasteiger partial charge on any atom is -0.444 e. The molecular formula is C24H27N5O4. The van der Waals surface area contributed by atoms with Crippen molar-refractivity contribution in [3.8, 4) is 0 Å². The standard InChI is InChI=1S/C24H27N5O4/c1-24(2,3)33-23(30)28-14-12-27(13-15-28)21-11-9-17(16-22(21)29(31)32)8-10-20-18-6-4-5-7-19(18)25-26-20/h4-11,16H,12-15H2,1-3H3,(H,25,26)/b10-8+. The van der Waals surface area contributed by atoms with E-state index in [1.807, 2.05) is 68.2 Å². The molecule has 0 unspecified atom stereocenters. The number of nitro benzene ring substituents is 1. The number of rotatable bonds is 4. The summed E-state index contributed by atoms with van der Waals surface area (Å²) in [5.74, 6) is 0. The molecule has 9 heteroatoms. The fourth-order valence-electron chi connectivity index (χ4n) is 3.80. The lowest BCUT2D eigenvalue weighted by Crippen LogP contribution is -2.50. The van der Waals surface area contributed by atoms with Crippen LogP contribution in [0, 0.1) is 10.1 Å². The number of amides is 1. The van der Waals surface area contributed by atoms with Crippen LogP contribution in [0.1, 0.15) is 32.0 Å². The van der Waals surface area contributed by atoms with Crippen molar-refractivity contribution in [3.63, 3.8) is 0 Å². The molecule has 33 heavy (non-hydrogen) atoms. The summed E-state index contributed by atoms with van der Waals surface area (Å²) >= 11 is 0. The van der Waals surface area contributed by atoms with Gasteiger partial charge < -0.3 is 14.5 Å². The quantitative estimate of drug-likeness (QED) is 0.457. The molecule has 1 aliphatic rings. The summed E-state index contributed by atoms with van der Waals surface area (Å²) in [6, 6.07) is 13.0. The lowest BCUT2D eigenvalue weighted by molar-refractivity contribution is -0.384. The van der Waals surface area contributed by atoms with Crippen LogP contribution >= 0.6 is 0 Å². The number of aromatic amines is 1. The highest BCUT2D eigenvalue weighted by Gasteiger charge is 2.28. The molecule has 0 spiro atoms. The number of piperazine rings is 1. The third-order valence-corrected chi connectivity index (χ3v) is 5.40. The smallest absolute Gasteiger partial charge is 0.410 e. The third kappa shape index (κ3) is 5.14. The Bertz CT molecular complexity index is 1200. The minimum atomic E-state index is -0.557. The molecule has 172 valence electrons. The summed E-state index contributed by atoms with van der Waals surface area (Å²) in [5, 5.41) is 20.1. The van der Waals surface area contributed by atoms with Crippen LogP contribution < -0.4 is 4.90 Å². The number of nitro groups is 1. The predicted molar refractivity (Wildman–Crippen MR) is 128 cm³/mol. The number of H-pyrrole nitrogens is 1. The van der Waals surface area contributed by atoms with Crippen molar-refractivity contribution in [2.75, 3.05) is 31.1 Å². The lowest BCUT2D eigenvalue weighted by atomic mass is 10.1. The second-order valence-electron chi connectivity index (χ2n) is 8.95. The van der Waals surface area contributed by atoms with Crippen LogP contribution in [0.25, 0.3) is 23.1 Å². The first-order valence-electron chi connectivity index (χ1n) is 10.8. The van der Waals surface area contributed by atoms with Gasteiger partial charge >= 0.3 is 6.09 Å². The van der Waals surface area contributed by atoms with Gasteiger partial charge in [0, 0.05) is 37.6 Å². The number of hydrogen-bond donors (Lipinski definition) is 1. The number of carbonyl (C=O) groups excluding carboxylic acids is 1. The summed E-state index contributed by atoms with van der Waals surface area (Å²) in [7, 11) is 0. The number of nitrogens with zero attached hydrogens (tertiary/aromatic N) is 4. The Labute approximate surface area is 191 Å². The Balaban J connectivity index is 1.49. The highest BCUT2D eigenvalue weighted by atomic mass is 16.6. The number of anilines is 1. The van der Waals surface area contributed by atoms with E-state index < -0.39 is 5.60 Å². The van der Waals surface area contributed by atoms with E-state index in [-0.39, 0.29) is 16.7 Å². The van der Waals surface area contributed by atoms with Gasteiger partial charge in [-0.15, -0.1) is 0 Å². The van der Waals surface area contributed by atoms with E-state index in [1.165, 1.54) is 0 Å². The zero-order valence-electron chi connectivity index (χ0n) is 18.9. The number of aromatic nitrogens is 2. The maximum absolute atomic E-state index is 12.3. The van der Waals surface area contributed by atoms with Gasteiger partial charge in [0.05, 0.1) is 16.1 Å². The van der Waals surface area contributed by atoms with Gasteiger partial charge in [-0.05, 0) is 44.5 Å². The maximum atomic E-state index is 12.3. The van der Waals surface area contributed by atoms with Crippen LogP contribution in [0.15, 0.2) is 42.5 Å². The molecule has 1 fully saturated rings. The molecule has 1 saturated heterocycles. The molecule has 0 bridgehead atoms. The van der Waals surface area contributed by atoms with Crippen molar-refractivity contribution in [1.29, 1.82) is 0 Å². The normalized spacial score (nSPS) is 14.8. The Morgan fingerprint density at radius 2 is 1.85 bits per heavy atom. The zero-order valence-corrected chi connectivity index (χ0v) is 18.9. The number of para-hydroxylation sites is 1. The number of carbonyl (C=O) groups is 1. The zero-order chi connectivity index (χ0) is 23.6. The van der Waals surface area contributed by atoms with Crippen molar-refractivity contribution in [3.05, 3.63) is 63.8 Å². The van der Waals surface area contributed by atoms with Gasteiger partial charge in [-0.1, -0.05) is 30.3 Å². The van der Waals surface area contributed by atoms with E-state index in [0.29, 0.717) is 37.4 Å². The lowest BCUT2D eigenvalue weighted by Gasteiger charge is -2.36. The molecule has 0 atom stereocenters. The van der Waals surface area contributed by atoms with Gasteiger partial charge in [0.25, 0.3) is 5.69 Å². The SMILES string of the molecule is CC(C)(C)OC(=O)N1CCN(c2ccc(/C=C/c3n[nH]c4ccccc34)cc2[N+](=O)[O-])CC1. The number of nitrogens with one attached hydrogen (secondary N) is 1. The van der Waals surface area contributed by atoms with Crippen LogP contribution in [0.3, 0.4) is 0 Å². The summed E-state index contributed by atoms with van der Waals surface area (Å²) in [6.07, 6.45) is 3.31. The fourth-order valence-corrected chi connectivity index (χ4v) is 3.80. The van der Waals surface area contributed by atoms with Gasteiger partial charge in [-0.2, -0.15) is 5.10 Å². The predicted octanol–water partition coefficient (Wildman–Crippen LogP) is 4.70. The van der Waals surface area contributed by atoms with Crippen LogP contribution in [0.2, 0.25) is 0 Å². The molecule has 3 aromatic rings. The molecule has 9 nitrogen and oxygen atoms in total. The number of fused-ring (bicyclic) bond motifs is 1. The number of hydrogen-bond acceptors (Lipinski definition) is 6. The second kappa shape index (κ2) is 8.93. The average Bonchev–Trinajstić information content (AvgIpc) is 3.19. The molecule has 0 aliphatic carbocycles. The van der Waals surface area contributed by atoms with Gasteiger partial charge in [0.1, 0.15) is 11.3 Å². The largest absolute Gasteiger partial charge is 0.444 e. The molecule has 1 aliphatic heterocycles. The third-order valence-electron chi connectivity index (χ3n) is 5.40. The van der Waals surface area contributed by atoms with Crippen molar-refractivity contribution in [1.82, 2.24) is 15.1 Å². The van der Waals surface area contributed by atoms with Crippen LogP contribution in [-0.2, 0) is 4.74 Å². The Kier molecular flexibility index (Phi) is 6.04. The molecule has 1 aromatic heterocycles. The molecule has 0 radical (unpaired) electrons. The van der Waals surface area contributed by atoms with E-state index >= 15 is 0 Å². The van der Waals surface area contributed by atoms with Crippen molar-refractivity contribution in [2.45, 2.75) is 26.4 Å². The van der Waals surface area contributed by atoms with Crippen LogP contribution in [-0.4, -0.2) is 57.9 Å². The molecule has 2 aromatic carbocycles. The van der Waals surface area contributed by atoms with E-state index in [9.17, 15) is 14.9 Å². The minimum absolute atomic E-state index is 0.0368. The topological polar surface area (TPSA) is 105 Å². The first kappa shape index (κ1) is 22.3. The van der Waals surface area contributed by atoms with Gasteiger partial charge in [-0.3, -0.25) is 15.2 Å². The summed E-state index contributed by atoms with van der Waals surface area (Å²) in [5.41, 5.74) is 2.45. The highest BCUT2D eigenvalue weighted by Crippen LogP contribution is 2.31. The van der Waals surface area contributed by atoms with Crippen LogP contribution in [0.4, 0.5) is 16.2 Å². The van der Waals surface area contributed by atoms with E-state index in [4.69, 9.17) is 4.74 Å². The molecule has 4 rings (SSSR count). The average molecular weight is 450 g/mol. The van der Waals surface area contributed by atoms with Gasteiger partial charge in [0.2, 0.25) is 0 Å². The van der Waals surface area contributed by atoms with Gasteiger partial charge in [-0.25, -0.2) is 4.79 Å². The molecule has 0 saturated carbocycles. The highest BCUT2D eigenvalue weighted by molar-refractivity contribution is 5.89. The van der Waals surface area contributed by atoms with E-state index in [1.54, 1.807) is 17.0 Å². The first-order valence-corrected chi connectivity index (χ1v) is 10.8. The summed E-state index contributed by atoms with van der Waals surface area (Å²) in [4.78, 5) is 27.3. The monoisotopic (exact) mass is 449 g/mol. The molecule has 1 amide bonds. The number of ether oxygens (including phenoxy) is 1. The van der Waals surface area contributed by atoms with Gasteiger partial charge in [0.15, 0.2) is 0 Å². The molecule has 1 N–H and O–H groups in total. The Morgan fingerprint density at radius 1 is 1.12 bits per heavy atom. The second-order valence-corrected chi connectivity index (χ2v) is 8.95. The van der Waals surface area contributed by atoms with Crippen molar-refractivity contribution in [2.24, 2.45) is 0 Å². The number of benzene rings is 2. The van der Waals surface area contributed by atoms with Crippen molar-refractivity contribution >= 4 is 40.5 Å². The maximum Gasteiger partial charge on any atom is 0.410 e. The Morgan fingerprint density at radius 3 is 2.55 bits per heavy atom. The van der Waals surface area contributed by atoms with Crippen molar-refractivity contribution < 1.29 is 14.5 Å². The molecule has 2 heterocycles. The molecular weight excluding hydrogens is 422 g/mol. The summed E-state index contributed by atoms with van der Waals surface area (Å²) < 4.78 is 5.43.